The lowest BCUT2D eigenvalue weighted by Gasteiger charge is -2.63. The number of rotatable bonds is 3. The van der Waals surface area contributed by atoms with Crippen LogP contribution in [0.5, 0.6) is 5.75 Å². The topological polar surface area (TPSA) is 59.6 Å². The third kappa shape index (κ3) is 3.25. The van der Waals surface area contributed by atoms with Gasteiger partial charge in [0.1, 0.15) is 0 Å². The Morgan fingerprint density at radius 3 is 2.72 bits per heavy atom. The van der Waals surface area contributed by atoms with E-state index in [1.807, 2.05) is 6.07 Å². The van der Waals surface area contributed by atoms with Crippen LogP contribution in [0.1, 0.15) is 58.6 Å². The van der Waals surface area contributed by atoms with Gasteiger partial charge in [-0.15, -0.1) is 0 Å². The number of hydrogen-bond acceptors (Lipinski definition) is 4. The van der Waals surface area contributed by atoms with Crippen molar-refractivity contribution in [1.82, 2.24) is 10.6 Å². The zero-order chi connectivity index (χ0) is 21.0. The van der Waals surface area contributed by atoms with Crippen molar-refractivity contribution >= 4 is 5.91 Å². The Morgan fingerprint density at radius 2 is 2.03 bits per heavy atom. The van der Waals surface area contributed by atoms with Crippen LogP contribution in [0.2, 0.25) is 0 Å². The van der Waals surface area contributed by atoms with Crippen LogP contribution in [0.15, 0.2) is 18.2 Å². The molecular weight excluding hydrogens is 371 g/mol. The maximum atomic E-state index is 15.2. The summed E-state index contributed by atoms with van der Waals surface area (Å²) in [6.07, 6.45) is 2.29. The van der Waals surface area contributed by atoms with Crippen molar-refractivity contribution < 1.29 is 18.7 Å². The number of fused-ring (bicyclic) bond motifs is 4. The molecule has 0 unspecified atom stereocenters. The predicted octanol–water partition coefficient (Wildman–Crippen LogP) is 3.58. The van der Waals surface area contributed by atoms with E-state index in [1.54, 1.807) is 19.1 Å². The van der Waals surface area contributed by atoms with E-state index in [9.17, 15) is 4.79 Å². The summed E-state index contributed by atoms with van der Waals surface area (Å²) in [5, 5.41) is 7.13. The minimum Gasteiger partial charge on any atom is -0.494 e. The first-order chi connectivity index (χ1) is 13.7. The number of amides is 1. The lowest BCUT2D eigenvalue weighted by molar-refractivity contribution is -0.161. The molecule has 6 atom stereocenters. The fourth-order valence-electron chi connectivity index (χ4n) is 6.47. The lowest BCUT2D eigenvalue weighted by atomic mass is 9.52. The van der Waals surface area contributed by atoms with Crippen LogP contribution in [0, 0.1) is 23.6 Å². The molecule has 1 aliphatic carbocycles. The molecular formula is C23H33FN2O3. The predicted molar refractivity (Wildman–Crippen MR) is 109 cm³/mol. The average molecular weight is 405 g/mol. The van der Waals surface area contributed by atoms with Crippen LogP contribution in [0.4, 0.5) is 4.39 Å². The molecule has 1 aromatic rings. The van der Waals surface area contributed by atoms with Gasteiger partial charge in [-0.2, -0.15) is 0 Å². The number of hydrogen-bond donors (Lipinski definition) is 2. The number of halogens is 1. The van der Waals surface area contributed by atoms with Gasteiger partial charge in [-0.05, 0) is 57.9 Å². The van der Waals surface area contributed by atoms with E-state index in [0.29, 0.717) is 18.1 Å². The molecule has 2 N–H and O–H groups in total. The fourth-order valence-corrected chi connectivity index (χ4v) is 6.47. The summed E-state index contributed by atoms with van der Waals surface area (Å²) >= 11 is 0. The Hall–Kier alpha value is -1.66. The number of carbonyl (C=O) groups excluding carboxylic acids is 1. The minimum atomic E-state index is -0.405. The Bertz CT molecular complexity index is 798. The number of ether oxygens (including phenoxy) is 2. The molecule has 0 aromatic heterocycles. The van der Waals surface area contributed by atoms with Crippen LogP contribution in [-0.2, 0) is 9.53 Å². The third-order valence-corrected chi connectivity index (χ3v) is 7.73. The average Bonchev–Trinajstić information content (AvgIpc) is 2.65. The second-order valence-corrected chi connectivity index (χ2v) is 9.66. The van der Waals surface area contributed by atoms with Crippen LogP contribution < -0.4 is 15.4 Å². The van der Waals surface area contributed by atoms with E-state index in [0.717, 1.165) is 19.3 Å². The summed E-state index contributed by atoms with van der Waals surface area (Å²) in [5.74, 6) is 0.566. The van der Waals surface area contributed by atoms with Crippen molar-refractivity contribution in [3.8, 4) is 5.75 Å². The molecule has 1 amide bonds. The highest BCUT2D eigenvalue weighted by Crippen LogP contribution is 2.57. The van der Waals surface area contributed by atoms with Gasteiger partial charge in [-0.1, -0.05) is 12.1 Å². The molecule has 6 heteroatoms. The van der Waals surface area contributed by atoms with Gasteiger partial charge in [0.25, 0.3) is 0 Å². The molecule has 0 spiro atoms. The summed E-state index contributed by atoms with van der Waals surface area (Å²) in [6.45, 7) is 8.79. The first kappa shape index (κ1) is 20.6. The molecule has 1 aromatic carbocycles. The SMILES string of the molecule is COc1cccc([C@@H]2OCC[C@]3(NC(C)=O)[C@H]4C[C@@H](C[C@@H]23)C(C)(C)N[C@@H]4C)c1F. The molecule has 160 valence electrons. The molecule has 5 nitrogen and oxygen atoms in total. The van der Waals surface area contributed by atoms with Gasteiger partial charge in [0.15, 0.2) is 11.6 Å². The standard InChI is InChI=1S/C23H33FN2O3/c1-13-17-11-15(22(3,4)25-13)12-18-21(16-7-6-8-19(28-5)20(16)24)29-10-9-23(17,18)26-14(2)27/h6-8,13,15,17-18,21,25H,9-12H2,1-5H3,(H,26,27)/t13-,15+,17+,18+,21+,23+/m1/s1. The van der Waals surface area contributed by atoms with Gasteiger partial charge >= 0.3 is 0 Å². The second-order valence-electron chi connectivity index (χ2n) is 9.66. The number of piperidine rings is 1. The van der Waals surface area contributed by atoms with E-state index >= 15 is 4.39 Å². The van der Waals surface area contributed by atoms with Gasteiger partial charge in [0.2, 0.25) is 5.91 Å². The molecule has 3 aliphatic rings. The number of nitrogens with one attached hydrogen (secondary N) is 2. The largest absolute Gasteiger partial charge is 0.494 e. The van der Waals surface area contributed by atoms with Crippen LogP contribution in [0.3, 0.4) is 0 Å². The molecule has 2 saturated heterocycles. The van der Waals surface area contributed by atoms with Crippen molar-refractivity contribution in [2.24, 2.45) is 17.8 Å². The van der Waals surface area contributed by atoms with Crippen molar-refractivity contribution in [2.75, 3.05) is 13.7 Å². The molecule has 3 fully saturated rings. The Kier molecular flexibility index (Phi) is 5.14. The monoisotopic (exact) mass is 404 g/mol. The number of methoxy groups -OCH3 is 1. The molecule has 1 saturated carbocycles. The minimum absolute atomic E-state index is 0.00673. The van der Waals surface area contributed by atoms with Crippen LogP contribution in [0.25, 0.3) is 0 Å². The summed E-state index contributed by atoms with van der Waals surface area (Å²) in [4.78, 5) is 12.3. The summed E-state index contributed by atoms with van der Waals surface area (Å²) in [5.41, 5.74) is 0.124. The highest BCUT2D eigenvalue weighted by molar-refractivity contribution is 5.74. The Balaban J connectivity index is 1.81. The normalized spacial score (nSPS) is 38.1. The maximum Gasteiger partial charge on any atom is 0.217 e. The summed E-state index contributed by atoms with van der Waals surface area (Å²) in [7, 11) is 1.48. The van der Waals surface area contributed by atoms with Crippen molar-refractivity contribution in [3.63, 3.8) is 0 Å². The molecule has 0 radical (unpaired) electrons. The van der Waals surface area contributed by atoms with Gasteiger partial charge < -0.3 is 20.1 Å². The van der Waals surface area contributed by atoms with Crippen LogP contribution >= 0.6 is 0 Å². The van der Waals surface area contributed by atoms with Crippen molar-refractivity contribution in [2.45, 2.75) is 70.2 Å². The van der Waals surface area contributed by atoms with Gasteiger partial charge in [0, 0.05) is 36.6 Å². The van der Waals surface area contributed by atoms with E-state index in [2.05, 4.69) is 31.4 Å². The second kappa shape index (κ2) is 7.24. The van der Waals surface area contributed by atoms with Crippen molar-refractivity contribution in [1.29, 1.82) is 0 Å². The van der Waals surface area contributed by atoms with Gasteiger partial charge in [0.05, 0.1) is 18.8 Å². The van der Waals surface area contributed by atoms with Gasteiger partial charge in [-0.25, -0.2) is 4.39 Å². The number of carbonyl (C=O) groups is 1. The first-order valence-electron chi connectivity index (χ1n) is 10.7. The molecule has 2 heterocycles. The molecule has 2 aliphatic heterocycles. The lowest BCUT2D eigenvalue weighted by Crippen LogP contribution is -2.73. The smallest absolute Gasteiger partial charge is 0.217 e. The third-order valence-electron chi connectivity index (χ3n) is 7.73. The highest BCUT2D eigenvalue weighted by atomic mass is 19.1. The van der Waals surface area contributed by atoms with E-state index in [-0.39, 0.29) is 40.9 Å². The summed E-state index contributed by atoms with van der Waals surface area (Å²) < 4.78 is 26.7. The fraction of sp³-hybridized carbons (Fsp3) is 0.696. The highest BCUT2D eigenvalue weighted by Gasteiger charge is 2.61. The molecule has 4 rings (SSSR count). The quantitative estimate of drug-likeness (QED) is 0.808. The zero-order valence-electron chi connectivity index (χ0n) is 18.0. The van der Waals surface area contributed by atoms with Gasteiger partial charge in [-0.3, -0.25) is 4.79 Å². The van der Waals surface area contributed by atoms with E-state index in [4.69, 9.17) is 9.47 Å². The Morgan fingerprint density at radius 1 is 1.31 bits per heavy atom. The maximum absolute atomic E-state index is 15.2. The van der Waals surface area contributed by atoms with E-state index in [1.165, 1.54) is 7.11 Å². The van der Waals surface area contributed by atoms with E-state index < -0.39 is 11.6 Å². The van der Waals surface area contributed by atoms with Crippen molar-refractivity contribution in [3.05, 3.63) is 29.6 Å². The Labute approximate surface area is 172 Å². The first-order valence-corrected chi connectivity index (χ1v) is 10.7. The molecule has 2 bridgehead atoms. The number of benzene rings is 1. The summed E-state index contributed by atoms with van der Waals surface area (Å²) in [6, 6.07) is 5.49. The van der Waals surface area contributed by atoms with Crippen LogP contribution in [-0.4, -0.2) is 36.7 Å². The zero-order valence-corrected chi connectivity index (χ0v) is 18.0. The molecule has 29 heavy (non-hydrogen) atoms.